The summed E-state index contributed by atoms with van der Waals surface area (Å²) >= 11 is 0. The third-order valence-corrected chi connectivity index (χ3v) is 3.18. The molecular weight excluding hydrogens is 224 g/mol. The highest BCUT2D eigenvalue weighted by atomic mass is 15.3. The van der Waals surface area contributed by atoms with Crippen molar-refractivity contribution in [3.8, 4) is 0 Å². The van der Waals surface area contributed by atoms with E-state index in [1.54, 1.807) is 0 Å². The van der Waals surface area contributed by atoms with E-state index in [2.05, 4.69) is 22.5 Å². The van der Waals surface area contributed by atoms with E-state index in [1.165, 1.54) is 0 Å². The number of aliphatic imine (C=N–C) groups is 1. The Hall–Kier alpha value is -2.10. The molecule has 0 saturated heterocycles. The van der Waals surface area contributed by atoms with Crippen molar-refractivity contribution >= 4 is 11.5 Å². The summed E-state index contributed by atoms with van der Waals surface area (Å²) in [4.78, 5) is 4.71. The van der Waals surface area contributed by atoms with Crippen molar-refractivity contribution in [3.63, 3.8) is 0 Å². The van der Waals surface area contributed by atoms with Gasteiger partial charge >= 0.3 is 0 Å². The molecule has 1 aliphatic rings. The molecule has 0 amide bonds. The monoisotopic (exact) mass is 240 g/mol. The molecule has 0 unspecified atom stereocenters. The van der Waals surface area contributed by atoms with E-state index < -0.39 is 0 Å². The molecule has 0 radical (unpaired) electrons. The van der Waals surface area contributed by atoms with Crippen molar-refractivity contribution in [2.45, 2.75) is 6.92 Å². The van der Waals surface area contributed by atoms with Crippen LogP contribution in [0.3, 0.4) is 0 Å². The lowest BCUT2D eigenvalue weighted by molar-refractivity contribution is 0.758. The predicted octanol–water partition coefficient (Wildman–Crippen LogP) is 1.99. The van der Waals surface area contributed by atoms with Crippen LogP contribution in [0.25, 0.3) is 0 Å². The zero-order valence-corrected chi connectivity index (χ0v) is 10.6. The van der Waals surface area contributed by atoms with Crippen LogP contribution in [0.5, 0.6) is 0 Å². The molecule has 4 nitrogen and oxygen atoms in total. The van der Waals surface area contributed by atoms with E-state index in [0.717, 1.165) is 41.4 Å². The Balaban J connectivity index is 2.20. The average molecular weight is 240 g/mol. The van der Waals surface area contributed by atoms with Crippen molar-refractivity contribution in [2.75, 3.05) is 18.4 Å². The number of hydrogen-bond donors (Lipinski definition) is 1. The van der Waals surface area contributed by atoms with Crippen LogP contribution < -0.4 is 5.32 Å². The first-order chi connectivity index (χ1) is 8.77. The van der Waals surface area contributed by atoms with E-state index in [9.17, 15) is 0 Å². The maximum absolute atomic E-state index is 4.71. The van der Waals surface area contributed by atoms with Crippen LogP contribution in [0.15, 0.2) is 35.3 Å². The van der Waals surface area contributed by atoms with Crippen LogP contribution in [-0.4, -0.2) is 28.6 Å². The van der Waals surface area contributed by atoms with Gasteiger partial charge in [-0.15, -0.1) is 0 Å². The standard InChI is InChI=1S/C14H16N4/c1-10-12-13(11-6-4-3-5-7-11)15-8-9-16-14(12)18(2)17-10/h3-7,16H,8-9H2,1-2H3. The molecule has 2 heterocycles. The predicted molar refractivity (Wildman–Crippen MR) is 73.4 cm³/mol. The van der Waals surface area contributed by atoms with Gasteiger partial charge in [0.2, 0.25) is 0 Å². The Labute approximate surface area is 106 Å². The lowest BCUT2D eigenvalue weighted by Crippen LogP contribution is -2.08. The zero-order valence-electron chi connectivity index (χ0n) is 10.6. The van der Waals surface area contributed by atoms with Crippen molar-refractivity contribution in [2.24, 2.45) is 12.0 Å². The van der Waals surface area contributed by atoms with Gasteiger partial charge in [0.15, 0.2) is 0 Å². The van der Waals surface area contributed by atoms with E-state index in [4.69, 9.17) is 4.99 Å². The van der Waals surface area contributed by atoms with E-state index in [-0.39, 0.29) is 0 Å². The third-order valence-electron chi connectivity index (χ3n) is 3.18. The lowest BCUT2D eigenvalue weighted by Gasteiger charge is -2.07. The highest BCUT2D eigenvalue weighted by Crippen LogP contribution is 2.24. The SMILES string of the molecule is Cc1nn(C)c2c1C(c1ccccc1)=NCCN2. The van der Waals surface area contributed by atoms with Gasteiger partial charge in [-0.1, -0.05) is 30.3 Å². The smallest absolute Gasteiger partial charge is 0.133 e. The van der Waals surface area contributed by atoms with Crippen molar-refractivity contribution < 1.29 is 0 Å². The fourth-order valence-corrected chi connectivity index (χ4v) is 2.40. The molecule has 0 fully saturated rings. The van der Waals surface area contributed by atoms with Gasteiger partial charge in [-0.2, -0.15) is 5.10 Å². The number of hydrogen-bond acceptors (Lipinski definition) is 3. The van der Waals surface area contributed by atoms with Crippen molar-refractivity contribution in [1.29, 1.82) is 0 Å². The summed E-state index contributed by atoms with van der Waals surface area (Å²) in [5.74, 6) is 1.06. The van der Waals surface area contributed by atoms with Gasteiger partial charge < -0.3 is 5.32 Å². The Bertz CT molecular complexity index is 596. The molecular formula is C14H16N4. The minimum Gasteiger partial charge on any atom is -0.368 e. The summed E-state index contributed by atoms with van der Waals surface area (Å²) in [6, 6.07) is 10.3. The molecule has 0 atom stereocenters. The fourth-order valence-electron chi connectivity index (χ4n) is 2.40. The molecule has 0 saturated carbocycles. The minimum absolute atomic E-state index is 0.790. The van der Waals surface area contributed by atoms with E-state index in [0.29, 0.717) is 0 Å². The number of aryl methyl sites for hydroxylation is 2. The van der Waals surface area contributed by atoms with Crippen LogP contribution in [0.4, 0.5) is 5.82 Å². The average Bonchev–Trinajstić information content (AvgIpc) is 2.58. The molecule has 0 aliphatic carbocycles. The van der Waals surface area contributed by atoms with Gasteiger partial charge in [0.1, 0.15) is 5.82 Å². The summed E-state index contributed by atoms with van der Waals surface area (Å²) < 4.78 is 1.90. The first-order valence-electron chi connectivity index (χ1n) is 6.15. The molecule has 0 spiro atoms. The minimum atomic E-state index is 0.790. The van der Waals surface area contributed by atoms with Crippen LogP contribution in [-0.2, 0) is 7.05 Å². The van der Waals surface area contributed by atoms with Gasteiger partial charge in [0.25, 0.3) is 0 Å². The Morgan fingerprint density at radius 3 is 2.78 bits per heavy atom. The first kappa shape index (κ1) is 11.0. The molecule has 1 aromatic carbocycles. The second-order valence-electron chi connectivity index (χ2n) is 4.46. The summed E-state index contributed by atoms with van der Waals surface area (Å²) in [5, 5.41) is 7.88. The zero-order chi connectivity index (χ0) is 12.5. The number of fused-ring (bicyclic) bond motifs is 1. The molecule has 1 aliphatic heterocycles. The second-order valence-corrected chi connectivity index (χ2v) is 4.46. The maximum Gasteiger partial charge on any atom is 0.133 e. The third kappa shape index (κ3) is 1.70. The van der Waals surface area contributed by atoms with Gasteiger partial charge in [-0.25, -0.2) is 0 Å². The highest BCUT2D eigenvalue weighted by molar-refractivity contribution is 6.16. The normalized spacial score (nSPS) is 14.4. The van der Waals surface area contributed by atoms with Crippen LogP contribution in [0.1, 0.15) is 16.8 Å². The largest absolute Gasteiger partial charge is 0.368 e. The summed E-state index contributed by atoms with van der Waals surface area (Å²) in [6.45, 7) is 3.67. The summed E-state index contributed by atoms with van der Waals surface area (Å²) in [6.07, 6.45) is 0. The topological polar surface area (TPSA) is 42.2 Å². The van der Waals surface area contributed by atoms with Gasteiger partial charge in [0, 0.05) is 19.2 Å². The van der Waals surface area contributed by atoms with Crippen LogP contribution >= 0.6 is 0 Å². The molecule has 4 heteroatoms. The number of aromatic nitrogens is 2. The Kier molecular flexibility index (Phi) is 2.63. The Morgan fingerprint density at radius 2 is 2.00 bits per heavy atom. The summed E-state index contributed by atoms with van der Waals surface area (Å²) in [5.41, 5.74) is 4.34. The van der Waals surface area contributed by atoms with Gasteiger partial charge in [-0.3, -0.25) is 9.67 Å². The van der Waals surface area contributed by atoms with E-state index >= 15 is 0 Å². The van der Waals surface area contributed by atoms with E-state index in [1.807, 2.05) is 36.9 Å². The quantitative estimate of drug-likeness (QED) is 0.828. The fraction of sp³-hybridized carbons (Fsp3) is 0.286. The first-order valence-corrected chi connectivity index (χ1v) is 6.15. The summed E-state index contributed by atoms with van der Waals surface area (Å²) in [7, 11) is 1.97. The molecule has 18 heavy (non-hydrogen) atoms. The molecule has 92 valence electrons. The maximum atomic E-state index is 4.71. The Morgan fingerprint density at radius 1 is 1.22 bits per heavy atom. The van der Waals surface area contributed by atoms with Crippen molar-refractivity contribution in [3.05, 3.63) is 47.2 Å². The molecule has 0 bridgehead atoms. The molecule has 3 rings (SSSR count). The van der Waals surface area contributed by atoms with Crippen LogP contribution in [0, 0.1) is 6.92 Å². The van der Waals surface area contributed by atoms with Crippen molar-refractivity contribution in [1.82, 2.24) is 9.78 Å². The number of benzene rings is 1. The number of nitrogens with one attached hydrogen (secondary N) is 1. The van der Waals surface area contributed by atoms with Gasteiger partial charge in [-0.05, 0) is 6.92 Å². The lowest BCUT2D eigenvalue weighted by atomic mass is 10.0. The highest BCUT2D eigenvalue weighted by Gasteiger charge is 2.21. The number of anilines is 1. The second kappa shape index (κ2) is 4.29. The molecule has 2 aromatic rings. The van der Waals surface area contributed by atoms with Crippen LogP contribution in [0.2, 0.25) is 0 Å². The number of nitrogens with zero attached hydrogens (tertiary/aromatic N) is 3. The van der Waals surface area contributed by atoms with Gasteiger partial charge in [0.05, 0.1) is 23.5 Å². The molecule has 1 aromatic heterocycles. The number of rotatable bonds is 1. The molecule has 1 N–H and O–H groups in total.